The summed E-state index contributed by atoms with van der Waals surface area (Å²) in [4.78, 5) is 11.4. The van der Waals surface area contributed by atoms with E-state index in [0.717, 1.165) is 22.2 Å². The van der Waals surface area contributed by atoms with Crippen molar-refractivity contribution in [1.82, 2.24) is 4.57 Å². The first-order chi connectivity index (χ1) is 9.10. The van der Waals surface area contributed by atoms with Crippen molar-refractivity contribution >= 4 is 16.9 Å². The van der Waals surface area contributed by atoms with Gasteiger partial charge in [0.05, 0.1) is 6.61 Å². The van der Waals surface area contributed by atoms with Gasteiger partial charge in [-0.25, -0.2) is 4.79 Å². The maximum absolute atomic E-state index is 11.4. The molecule has 4 nitrogen and oxygen atoms in total. The molecule has 0 atom stereocenters. The van der Waals surface area contributed by atoms with E-state index in [1.54, 1.807) is 10.6 Å². The number of carboxylic acid groups (broad SMARTS) is 1. The highest BCUT2D eigenvalue weighted by Crippen LogP contribution is 2.29. The number of hydrogen-bond acceptors (Lipinski definition) is 2. The number of hydrogen-bond donors (Lipinski definition) is 1. The molecule has 0 saturated carbocycles. The van der Waals surface area contributed by atoms with Crippen LogP contribution in [0, 0.1) is 6.92 Å². The highest BCUT2D eigenvalue weighted by atomic mass is 16.5. The van der Waals surface area contributed by atoms with Gasteiger partial charge in [-0.15, -0.1) is 6.58 Å². The van der Waals surface area contributed by atoms with Crippen LogP contribution in [0.15, 0.2) is 30.9 Å². The Labute approximate surface area is 111 Å². The van der Waals surface area contributed by atoms with Gasteiger partial charge in [0.15, 0.2) is 0 Å². The maximum atomic E-state index is 11.4. The van der Waals surface area contributed by atoms with Crippen LogP contribution in [0.3, 0.4) is 0 Å². The molecule has 0 radical (unpaired) electrons. The molecule has 0 spiro atoms. The molecule has 0 aliphatic rings. The Kier molecular flexibility index (Phi) is 3.60. The molecule has 2 rings (SSSR count). The Morgan fingerprint density at radius 3 is 2.84 bits per heavy atom. The van der Waals surface area contributed by atoms with E-state index in [2.05, 4.69) is 6.58 Å². The summed E-state index contributed by atoms with van der Waals surface area (Å²) in [6, 6.07) is 5.64. The SMILES string of the molecule is C=CCn1c(C(=O)O)c(C)c2cc(OCC)ccc21. The first-order valence-electron chi connectivity index (χ1n) is 6.20. The molecule has 100 valence electrons. The molecule has 0 aliphatic heterocycles. The summed E-state index contributed by atoms with van der Waals surface area (Å²) in [6.45, 7) is 8.48. The molecule has 2 aromatic rings. The smallest absolute Gasteiger partial charge is 0.352 e. The van der Waals surface area contributed by atoms with Crippen molar-refractivity contribution in [2.45, 2.75) is 20.4 Å². The third-order valence-electron chi connectivity index (χ3n) is 3.11. The van der Waals surface area contributed by atoms with Gasteiger partial charge in [-0.3, -0.25) is 0 Å². The largest absolute Gasteiger partial charge is 0.494 e. The molecule has 19 heavy (non-hydrogen) atoms. The van der Waals surface area contributed by atoms with Gasteiger partial charge in [-0.2, -0.15) is 0 Å². The van der Waals surface area contributed by atoms with Gasteiger partial charge in [0.2, 0.25) is 0 Å². The van der Waals surface area contributed by atoms with E-state index >= 15 is 0 Å². The lowest BCUT2D eigenvalue weighted by Gasteiger charge is -2.06. The molecule has 0 unspecified atom stereocenters. The van der Waals surface area contributed by atoms with Crippen molar-refractivity contribution in [3.8, 4) is 5.75 Å². The zero-order chi connectivity index (χ0) is 14.0. The molecule has 0 aliphatic carbocycles. The van der Waals surface area contributed by atoms with Gasteiger partial charge in [0.25, 0.3) is 0 Å². The average Bonchev–Trinajstić information content (AvgIpc) is 2.64. The molecular formula is C15H17NO3. The highest BCUT2D eigenvalue weighted by Gasteiger charge is 2.19. The Morgan fingerprint density at radius 1 is 1.53 bits per heavy atom. The van der Waals surface area contributed by atoms with Gasteiger partial charge < -0.3 is 14.4 Å². The van der Waals surface area contributed by atoms with Crippen molar-refractivity contribution in [3.63, 3.8) is 0 Å². The second kappa shape index (κ2) is 5.18. The minimum absolute atomic E-state index is 0.309. The number of rotatable bonds is 5. The third-order valence-corrected chi connectivity index (χ3v) is 3.11. The Balaban J connectivity index is 2.72. The highest BCUT2D eigenvalue weighted by molar-refractivity contribution is 5.98. The number of fused-ring (bicyclic) bond motifs is 1. The van der Waals surface area contributed by atoms with Crippen LogP contribution < -0.4 is 4.74 Å². The lowest BCUT2D eigenvalue weighted by atomic mass is 10.1. The number of aromatic nitrogens is 1. The number of benzene rings is 1. The van der Waals surface area contributed by atoms with Crippen molar-refractivity contribution in [2.24, 2.45) is 0 Å². The monoisotopic (exact) mass is 259 g/mol. The lowest BCUT2D eigenvalue weighted by molar-refractivity contribution is 0.0685. The molecule has 1 N–H and O–H groups in total. The predicted octanol–water partition coefficient (Wildman–Crippen LogP) is 3.23. The Bertz CT molecular complexity index is 640. The summed E-state index contributed by atoms with van der Waals surface area (Å²) >= 11 is 0. The zero-order valence-electron chi connectivity index (χ0n) is 11.1. The van der Waals surface area contributed by atoms with Crippen LogP contribution in [0.1, 0.15) is 23.0 Å². The quantitative estimate of drug-likeness (QED) is 0.839. The average molecular weight is 259 g/mol. The zero-order valence-corrected chi connectivity index (χ0v) is 11.1. The fraction of sp³-hybridized carbons (Fsp3) is 0.267. The second-order valence-corrected chi connectivity index (χ2v) is 4.29. The van der Waals surface area contributed by atoms with Crippen LogP contribution in [-0.2, 0) is 6.54 Å². The molecule has 0 bridgehead atoms. The minimum Gasteiger partial charge on any atom is -0.494 e. The van der Waals surface area contributed by atoms with E-state index in [1.165, 1.54) is 0 Å². The topological polar surface area (TPSA) is 51.5 Å². The molecule has 4 heteroatoms. The lowest BCUT2D eigenvalue weighted by Crippen LogP contribution is -2.08. The molecule has 0 amide bonds. The van der Waals surface area contributed by atoms with Crippen LogP contribution in [0.2, 0.25) is 0 Å². The second-order valence-electron chi connectivity index (χ2n) is 4.29. The van der Waals surface area contributed by atoms with Gasteiger partial charge in [0, 0.05) is 17.4 Å². The predicted molar refractivity (Wildman–Crippen MR) is 75.0 cm³/mol. The third kappa shape index (κ3) is 2.21. The van der Waals surface area contributed by atoms with Crippen LogP contribution in [-0.4, -0.2) is 22.2 Å². The van der Waals surface area contributed by atoms with E-state index in [1.807, 2.05) is 32.0 Å². The van der Waals surface area contributed by atoms with E-state index in [0.29, 0.717) is 18.8 Å². The van der Waals surface area contributed by atoms with Gasteiger partial charge >= 0.3 is 5.97 Å². The summed E-state index contributed by atoms with van der Waals surface area (Å²) in [5.41, 5.74) is 1.95. The van der Waals surface area contributed by atoms with E-state index in [4.69, 9.17) is 4.74 Å². The summed E-state index contributed by atoms with van der Waals surface area (Å²) in [7, 11) is 0. The molecule has 1 heterocycles. The number of carboxylic acids is 1. The van der Waals surface area contributed by atoms with Crippen LogP contribution in [0.5, 0.6) is 5.75 Å². The number of allylic oxidation sites excluding steroid dienone is 1. The number of aromatic carboxylic acids is 1. The summed E-state index contributed by atoms with van der Waals surface area (Å²) in [5.74, 6) is -0.167. The summed E-state index contributed by atoms with van der Waals surface area (Å²) in [5, 5.41) is 10.3. The maximum Gasteiger partial charge on any atom is 0.352 e. The molecule has 0 fully saturated rings. The fourth-order valence-electron chi connectivity index (χ4n) is 2.35. The standard InChI is InChI=1S/C15H17NO3/c1-4-8-16-13-7-6-11(19-5-2)9-12(13)10(3)14(16)15(17)18/h4,6-7,9H,1,5,8H2,2-3H3,(H,17,18). The normalized spacial score (nSPS) is 10.6. The van der Waals surface area contributed by atoms with Crippen molar-refractivity contribution in [1.29, 1.82) is 0 Å². The van der Waals surface area contributed by atoms with Crippen LogP contribution in [0.25, 0.3) is 10.9 Å². The van der Waals surface area contributed by atoms with Crippen LogP contribution in [0.4, 0.5) is 0 Å². The van der Waals surface area contributed by atoms with E-state index < -0.39 is 5.97 Å². The first kappa shape index (κ1) is 13.2. The number of ether oxygens (including phenoxy) is 1. The molecule has 0 saturated heterocycles. The van der Waals surface area contributed by atoms with E-state index in [-0.39, 0.29) is 0 Å². The van der Waals surface area contributed by atoms with E-state index in [9.17, 15) is 9.90 Å². The van der Waals surface area contributed by atoms with Gasteiger partial charge in [-0.05, 0) is 37.6 Å². The summed E-state index contributed by atoms with van der Waals surface area (Å²) in [6.07, 6.45) is 1.70. The van der Waals surface area contributed by atoms with Gasteiger partial charge in [-0.1, -0.05) is 6.08 Å². The summed E-state index contributed by atoms with van der Waals surface area (Å²) < 4.78 is 7.22. The Morgan fingerprint density at radius 2 is 2.26 bits per heavy atom. The van der Waals surface area contributed by atoms with Crippen molar-refractivity contribution in [2.75, 3.05) is 6.61 Å². The molecule has 1 aromatic heterocycles. The number of carbonyl (C=O) groups is 1. The Hall–Kier alpha value is -2.23. The van der Waals surface area contributed by atoms with Crippen molar-refractivity contribution < 1.29 is 14.6 Å². The van der Waals surface area contributed by atoms with Gasteiger partial charge in [0.1, 0.15) is 11.4 Å². The number of aryl methyl sites for hydroxylation is 1. The van der Waals surface area contributed by atoms with Crippen LogP contribution >= 0.6 is 0 Å². The first-order valence-corrected chi connectivity index (χ1v) is 6.20. The van der Waals surface area contributed by atoms with Crippen molar-refractivity contribution in [3.05, 3.63) is 42.1 Å². The fourth-order valence-corrected chi connectivity index (χ4v) is 2.35. The molecule has 1 aromatic carbocycles. The minimum atomic E-state index is -0.923. The number of nitrogens with zero attached hydrogens (tertiary/aromatic N) is 1. The molecular weight excluding hydrogens is 242 g/mol.